The molecule has 0 N–H and O–H groups in total. The maximum Gasteiger partial charge on any atom is 0.226 e. The topological polar surface area (TPSA) is 38.1 Å². The van der Waals surface area contributed by atoms with Gasteiger partial charge in [0.1, 0.15) is 5.82 Å². The van der Waals surface area contributed by atoms with Gasteiger partial charge < -0.3 is 4.90 Å². The van der Waals surface area contributed by atoms with Crippen molar-refractivity contribution in [2.75, 3.05) is 13.1 Å². The van der Waals surface area contributed by atoms with E-state index in [1.54, 1.807) is 12.1 Å². The molecule has 4 rings (SSSR count). The second-order valence-corrected chi connectivity index (χ2v) is 8.57. The molecule has 1 saturated carbocycles. The van der Waals surface area contributed by atoms with Crippen LogP contribution in [0.1, 0.15) is 57.7 Å². The molecule has 0 bridgehead atoms. The van der Waals surface area contributed by atoms with Gasteiger partial charge in [0.15, 0.2) is 0 Å². The minimum absolute atomic E-state index is 0.0351. The molecule has 5 heteroatoms. The fourth-order valence-corrected chi connectivity index (χ4v) is 5.02. The first-order valence-corrected chi connectivity index (χ1v) is 10.8. The highest BCUT2D eigenvalue weighted by molar-refractivity contribution is 5.82. The van der Waals surface area contributed by atoms with Gasteiger partial charge in [-0.3, -0.25) is 4.79 Å². The van der Waals surface area contributed by atoms with Crippen molar-refractivity contribution in [1.29, 1.82) is 0 Å². The van der Waals surface area contributed by atoms with Crippen molar-refractivity contribution in [3.8, 4) is 5.69 Å². The van der Waals surface area contributed by atoms with Gasteiger partial charge in [0.25, 0.3) is 0 Å². The average molecular weight is 396 g/mol. The molecule has 2 aliphatic rings. The minimum atomic E-state index is -0.249. The Balaban J connectivity index is 1.63. The molecule has 1 amide bonds. The van der Waals surface area contributed by atoms with Crippen LogP contribution in [-0.2, 0) is 11.2 Å². The summed E-state index contributed by atoms with van der Waals surface area (Å²) in [5, 5.41) is 4.57. The molecule has 1 unspecified atom stereocenters. The largest absolute Gasteiger partial charge is 0.343 e. The molecule has 0 aliphatic heterocycles. The monoisotopic (exact) mass is 395 g/mol. The summed E-state index contributed by atoms with van der Waals surface area (Å²) in [6.45, 7) is 8.12. The summed E-state index contributed by atoms with van der Waals surface area (Å²) in [7, 11) is 0. The molecule has 1 fully saturated rings. The van der Waals surface area contributed by atoms with Crippen LogP contribution in [0.5, 0.6) is 0 Å². The van der Waals surface area contributed by atoms with Crippen LogP contribution in [0.2, 0.25) is 0 Å². The zero-order valence-electron chi connectivity index (χ0n) is 17.6. The fourth-order valence-electron chi connectivity index (χ4n) is 5.02. The number of nitrogens with zero attached hydrogens (tertiary/aromatic N) is 3. The molecule has 0 saturated heterocycles. The number of rotatable bonds is 6. The summed E-state index contributed by atoms with van der Waals surface area (Å²) in [6.07, 6.45) is 8.99. The molecule has 1 aromatic carbocycles. The molecular weight excluding hydrogens is 365 g/mol. The second-order valence-electron chi connectivity index (χ2n) is 8.57. The van der Waals surface area contributed by atoms with E-state index in [4.69, 9.17) is 0 Å². The van der Waals surface area contributed by atoms with Crippen LogP contribution in [0.3, 0.4) is 0 Å². The number of amides is 1. The number of aromatic nitrogens is 2. The number of carbonyl (C=O) groups is 1. The molecule has 4 nitrogen and oxygen atoms in total. The molecule has 1 heterocycles. The quantitative estimate of drug-likeness (QED) is 0.689. The molecule has 0 spiro atoms. The lowest BCUT2D eigenvalue weighted by Crippen LogP contribution is -2.43. The van der Waals surface area contributed by atoms with Crippen LogP contribution >= 0.6 is 0 Å². The maximum atomic E-state index is 13.4. The van der Waals surface area contributed by atoms with E-state index >= 15 is 0 Å². The van der Waals surface area contributed by atoms with Gasteiger partial charge >= 0.3 is 0 Å². The molecule has 0 radical (unpaired) electrons. The third-order valence-corrected chi connectivity index (χ3v) is 6.80. The van der Waals surface area contributed by atoms with Gasteiger partial charge in [-0.05, 0) is 68.5 Å². The second kappa shape index (κ2) is 7.77. The number of benzene rings is 1. The van der Waals surface area contributed by atoms with Crippen molar-refractivity contribution < 1.29 is 9.18 Å². The number of hydrogen-bond donors (Lipinski definition) is 0. The Morgan fingerprint density at radius 3 is 2.76 bits per heavy atom. The first kappa shape index (κ1) is 19.9. The zero-order valence-corrected chi connectivity index (χ0v) is 17.6. The maximum absolute atomic E-state index is 13.4. The summed E-state index contributed by atoms with van der Waals surface area (Å²) in [5.74, 6) is 0.0931. The minimum Gasteiger partial charge on any atom is -0.343 e. The van der Waals surface area contributed by atoms with Crippen molar-refractivity contribution in [2.24, 2.45) is 11.3 Å². The van der Waals surface area contributed by atoms with E-state index in [1.807, 2.05) is 15.8 Å². The van der Waals surface area contributed by atoms with E-state index in [2.05, 4.69) is 31.9 Å². The van der Waals surface area contributed by atoms with E-state index in [-0.39, 0.29) is 17.2 Å². The lowest BCUT2D eigenvalue weighted by molar-refractivity contribution is -0.138. The third-order valence-electron chi connectivity index (χ3n) is 6.80. The van der Waals surface area contributed by atoms with Crippen LogP contribution in [0.15, 0.2) is 36.0 Å². The predicted molar refractivity (Wildman–Crippen MR) is 113 cm³/mol. The van der Waals surface area contributed by atoms with Gasteiger partial charge in [-0.2, -0.15) is 5.10 Å². The van der Waals surface area contributed by atoms with Crippen LogP contribution < -0.4 is 0 Å². The lowest BCUT2D eigenvalue weighted by Gasteiger charge is -2.37. The van der Waals surface area contributed by atoms with Gasteiger partial charge in [-0.25, -0.2) is 9.07 Å². The Labute approximate surface area is 172 Å². The number of allylic oxidation sites excluding steroid dienone is 1. The number of carbonyl (C=O) groups excluding carboxylic acids is 1. The lowest BCUT2D eigenvalue weighted by atomic mass is 9.69. The van der Waals surface area contributed by atoms with Crippen molar-refractivity contribution in [3.05, 3.63) is 53.1 Å². The molecule has 2 atom stereocenters. The highest BCUT2D eigenvalue weighted by Gasteiger charge is 2.49. The highest BCUT2D eigenvalue weighted by atomic mass is 19.1. The van der Waals surface area contributed by atoms with E-state index in [1.165, 1.54) is 17.7 Å². The molecule has 154 valence electrons. The van der Waals surface area contributed by atoms with Crippen LogP contribution in [0.4, 0.5) is 4.39 Å². The summed E-state index contributed by atoms with van der Waals surface area (Å²) in [5.41, 5.74) is 4.29. The van der Waals surface area contributed by atoms with Crippen molar-refractivity contribution in [1.82, 2.24) is 14.7 Å². The van der Waals surface area contributed by atoms with Crippen LogP contribution in [0, 0.1) is 17.2 Å². The van der Waals surface area contributed by atoms with Gasteiger partial charge in [0.05, 0.1) is 17.6 Å². The summed E-state index contributed by atoms with van der Waals surface area (Å²) in [6, 6.07) is 6.43. The van der Waals surface area contributed by atoms with Gasteiger partial charge in [-0.1, -0.05) is 25.8 Å². The van der Waals surface area contributed by atoms with E-state index < -0.39 is 0 Å². The van der Waals surface area contributed by atoms with Gasteiger partial charge in [0, 0.05) is 24.4 Å². The molecule has 2 aromatic rings. The molecular formula is C24H30FN3O. The number of halogens is 1. The summed E-state index contributed by atoms with van der Waals surface area (Å²) in [4.78, 5) is 15.4. The molecule has 1 aromatic heterocycles. The predicted octanol–water partition coefficient (Wildman–Crippen LogP) is 5.02. The Kier molecular flexibility index (Phi) is 5.32. The summed E-state index contributed by atoms with van der Waals surface area (Å²) < 4.78 is 15.2. The van der Waals surface area contributed by atoms with Crippen LogP contribution in [-0.4, -0.2) is 33.7 Å². The molecule has 2 aliphatic carbocycles. The Bertz CT molecular complexity index is 930. The first-order valence-electron chi connectivity index (χ1n) is 10.8. The average Bonchev–Trinajstić information content (AvgIpc) is 3.26. The van der Waals surface area contributed by atoms with Crippen molar-refractivity contribution >= 4 is 12.0 Å². The third kappa shape index (κ3) is 3.41. The van der Waals surface area contributed by atoms with Gasteiger partial charge in [-0.15, -0.1) is 0 Å². The van der Waals surface area contributed by atoms with E-state index in [9.17, 15) is 9.18 Å². The Hall–Kier alpha value is -2.43. The summed E-state index contributed by atoms with van der Waals surface area (Å²) >= 11 is 0. The van der Waals surface area contributed by atoms with Crippen molar-refractivity contribution in [2.45, 2.75) is 52.9 Å². The number of fused-ring (bicyclic) bond motifs is 2. The SMILES string of the molecule is CCCCN(CC)C(=O)C1CCC2=Cc3c(cnn3-c3ccc(F)cc3)C[C@@]21C. The van der Waals surface area contributed by atoms with E-state index in [0.717, 1.165) is 62.1 Å². The normalized spacial score (nSPS) is 22.8. The Morgan fingerprint density at radius 2 is 2.07 bits per heavy atom. The van der Waals surface area contributed by atoms with E-state index in [0.29, 0.717) is 5.91 Å². The molecule has 29 heavy (non-hydrogen) atoms. The van der Waals surface area contributed by atoms with Crippen molar-refractivity contribution in [3.63, 3.8) is 0 Å². The number of hydrogen-bond acceptors (Lipinski definition) is 2. The zero-order chi connectivity index (χ0) is 20.6. The smallest absolute Gasteiger partial charge is 0.226 e. The van der Waals surface area contributed by atoms with Crippen LogP contribution in [0.25, 0.3) is 11.8 Å². The van der Waals surface area contributed by atoms with Gasteiger partial charge in [0.2, 0.25) is 5.91 Å². The highest BCUT2D eigenvalue weighted by Crippen LogP contribution is 2.53. The fraction of sp³-hybridized carbons (Fsp3) is 0.500. The standard InChI is InChI=1S/C24H30FN3O/c1-4-6-13-27(5-2)23(29)21-12-7-18-14-22-17(15-24(18,21)3)16-26-28(22)20-10-8-19(25)9-11-20/h8-11,14,16,21H,4-7,12-13,15H2,1-3H3/t21?,24-/m0/s1. The number of unbranched alkanes of at least 4 members (excludes halogenated alkanes) is 1. The Morgan fingerprint density at radius 1 is 1.31 bits per heavy atom. The first-order chi connectivity index (χ1) is 14.0.